The normalized spacial score (nSPS) is 10.4. The molecule has 0 fully saturated rings. The van der Waals surface area contributed by atoms with Crippen LogP contribution in [0.2, 0.25) is 0 Å². The highest BCUT2D eigenvalue weighted by molar-refractivity contribution is 6.07. The van der Waals surface area contributed by atoms with Gasteiger partial charge in [-0.2, -0.15) is 0 Å². The first kappa shape index (κ1) is 17.9. The van der Waals surface area contributed by atoms with E-state index in [9.17, 15) is 19.7 Å². The van der Waals surface area contributed by atoms with E-state index in [0.717, 1.165) is 10.9 Å². The summed E-state index contributed by atoms with van der Waals surface area (Å²) in [6.07, 6.45) is 1.66. The van der Waals surface area contributed by atoms with Crippen LogP contribution >= 0.6 is 0 Å². The number of ether oxygens (including phenoxy) is 1. The van der Waals surface area contributed by atoms with Gasteiger partial charge in [-0.15, -0.1) is 0 Å². The van der Waals surface area contributed by atoms with Crippen molar-refractivity contribution in [3.63, 3.8) is 0 Å². The lowest BCUT2D eigenvalue weighted by Gasteiger charge is -2.08. The summed E-state index contributed by atoms with van der Waals surface area (Å²) in [7, 11) is 1.82. The minimum atomic E-state index is -0.651. The van der Waals surface area contributed by atoms with Gasteiger partial charge in [0.2, 0.25) is 0 Å². The molecule has 0 saturated carbocycles. The third-order valence-corrected chi connectivity index (χ3v) is 3.88. The Balaban J connectivity index is 1.59. The molecule has 0 unspecified atom stereocenters. The summed E-state index contributed by atoms with van der Waals surface area (Å²) in [6, 6.07) is 13.1. The fraction of sp³-hybridized carbons (Fsp3) is 0.111. The number of aryl methyl sites for hydroxylation is 1. The molecule has 0 aliphatic rings. The van der Waals surface area contributed by atoms with Crippen molar-refractivity contribution in [1.82, 2.24) is 15.4 Å². The van der Waals surface area contributed by atoms with Crippen molar-refractivity contribution >= 4 is 28.4 Å². The number of hydrazine groups is 1. The number of amides is 2. The van der Waals surface area contributed by atoms with Gasteiger partial charge in [0.15, 0.2) is 12.4 Å². The Labute approximate surface area is 153 Å². The van der Waals surface area contributed by atoms with Crippen molar-refractivity contribution in [3.8, 4) is 5.75 Å². The molecule has 138 valence electrons. The predicted molar refractivity (Wildman–Crippen MR) is 97.1 cm³/mol. The summed E-state index contributed by atoms with van der Waals surface area (Å²) in [5, 5.41) is 11.7. The van der Waals surface area contributed by atoms with Gasteiger partial charge in [-0.25, -0.2) is 0 Å². The Bertz CT molecular complexity index is 1030. The van der Waals surface area contributed by atoms with Gasteiger partial charge < -0.3 is 9.30 Å². The number of nitro groups is 1. The number of carbonyl (C=O) groups excluding carboxylic acids is 2. The van der Waals surface area contributed by atoms with E-state index in [4.69, 9.17) is 4.74 Å². The van der Waals surface area contributed by atoms with Crippen LogP contribution in [0, 0.1) is 10.1 Å². The molecule has 0 radical (unpaired) electrons. The quantitative estimate of drug-likeness (QED) is 0.527. The molecule has 9 heteroatoms. The molecule has 0 saturated heterocycles. The lowest BCUT2D eigenvalue weighted by atomic mass is 10.2. The van der Waals surface area contributed by atoms with E-state index in [2.05, 4.69) is 10.9 Å². The molecule has 1 aromatic heterocycles. The highest BCUT2D eigenvalue weighted by Gasteiger charge is 2.16. The van der Waals surface area contributed by atoms with Crippen molar-refractivity contribution in [2.24, 2.45) is 7.05 Å². The molecular formula is C18H16N4O5. The van der Waals surface area contributed by atoms with Crippen molar-refractivity contribution in [2.75, 3.05) is 6.61 Å². The molecule has 0 aliphatic heterocycles. The van der Waals surface area contributed by atoms with Gasteiger partial charge in [0.25, 0.3) is 11.8 Å². The molecule has 3 aromatic rings. The Morgan fingerprint density at radius 3 is 2.59 bits per heavy atom. The second-order valence-electron chi connectivity index (χ2n) is 5.69. The number of rotatable bonds is 5. The van der Waals surface area contributed by atoms with Gasteiger partial charge in [0.1, 0.15) is 0 Å². The van der Waals surface area contributed by atoms with Crippen LogP contribution in [0.5, 0.6) is 5.75 Å². The molecule has 27 heavy (non-hydrogen) atoms. The van der Waals surface area contributed by atoms with Gasteiger partial charge >= 0.3 is 5.69 Å². The lowest BCUT2D eigenvalue weighted by molar-refractivity contribution is -0.385. The van der Waals surface area contributed by atoms with E-state index in [-0.39, 0.29) is 11.4 Å². The molecule has 2 amide bonds. The van der Waals surface area contributed by atoms with Gasteiger partial charge in [-0.3, -0.25) is 30.6 Å². The molecule has 0 aliphatic carbocycles. The molecule has 0 bridgehead atoms. The summed E-state index contributed by atoms with van der Waals surface area (Å²) in [6.45, 7) is -0.485. The van der Waals surface area contributed by atoms with Crippen LogP contribution in [-0.4, -0.2) is 27.9 Å². The number of hydrogen-bond acceptors (Lipinski definition) is 5. The summed E-state index contributed by atoms with van der Waals surface area (Å²) < 4.78 is 6.97. The Hall–Kier alpha value is -3.88. The van der Waals surface area contributed by atoms with E-state index >= 15 is 0 Å². The Kier molecular flexibility index (Phi) is 5.02. The number of hydrogen-bond donors (Lipinski definition) is 2. The standard InChI is InChI=1S/C18H16N4O5/c1-21-10-13(12-6-2-3-7-14(12)21)18(24)20-19-17(23)11-27-16-9-5-4-8-15(16)22(25)26/h2-10H,11H2,1H3,(H,19,23)(H,20,24). The molecule has 0 atom stereocenters. The average molecular weight is 368 g/mol. The molecule has 2 aromatic carbocycles. The topological polar surface area (TPSA) is 116 Å². The first-order valence-corrected chi connectivity index (χ1v) is 7.97. The SMILES string of the molecule is Cn1cc(C(=O)NNC(=O)COc2ccccc2[N+](=O)[O-])c2ccccc21. The maximum atomic E-state index is 12.3. The number of nitrogens with one attached hydrogen (secondary N) is 2. The van der Waals surface area contributed by atoms with E-state index in [0.29, 0.717) is 5.56 Å². The molecule has 1 heterocycles. The fourth-order valence-corrected chi connectivity index (χ4v) is 2.63. The monoisotopic (exact) mass is 368 g/mol. The lowest BCUT2D eigenvalue weighted by Crippen LogP contribution is -2.43. The van der Waals surface area contributed by atoms with Gasteiger partial charge in [-0.05, 0) is 12.1 Å². The number of para-hydroxylation sites is 3. The fourth-order valence-electron chi connectivity index (χ4n) is 2.63. The minimum absolute atomic E-state index is 0.0296. The molecule has 9 nitrogen and oxygen atoms in total. The van der Waals surface area contributed by atoms with Crippen LogP contribution in [0.3, 0.4) is 0 Å². The molecule has 2 N–H and O–H groups in total. The van der Waals surface area contributed by atoms with Crippen LogP contribution in [0.15, 0.2) is 54.7 Å². The number of carbonyl (C=O) groups is 2. The molecular weight excluding hydrogens is 352 g/mol. The zero-order valence-corrected chi connectivity index (χ0v) is 14.3. The minimum Gasteiger partial charge on any atom is -0.477 e. The van der Waals surface area contributed by atoms with Crippen LogP contribution in [0.4, 0.5) is 5.69 Å². The first-order valence-electron chi connectivity index (χ1n) is 7.97. The van der Waals surface area contributed by atoms with Crippen molar-refractivity contribution in [1.29, 1.82) is 0 Å². The average Bonchev–Trinajstić information content (AvgIpc) is 3.01. The second-order valence-corrected chi connectivity index (χ2v) is 5.69. The summed E-state index contributed by atoms with van der Waals surface area (Å²) >= 11 is 0. The maximum absolute atomic E-state index is 12.3. The largest absolute Gasteiger partial charge is 0.477 e. The summed E-state index contributed by atoms with van der Waals surface area (Å²) in [5.41, 5.74) is 5.59. The van der Waals surface area contributed by atoms with Crippen LogP contribution in [0.25, 0.3) is 10.9 Å². The number of nitro benzene ring substituents is 1. The zero-order valence-electron chi connectivity index (χ0n) is 14.3. The van der Waals surface area contributed by atoms with Crippen LogP contribution in [0.1, 0.15) is 10.4 Å². The van der Waals surface area contributed by atoms with E-state index in [1.54, 1.807) is 12.3 Å². The van der Waals surface area contributed by atoms with Gasteiger partial charge in [0.05, 0.1) is 10.5 Å². The smallest absolute Gasteiger partial charge is 0.310 e. The number of fused-ring (bicyclic) bond motifs is 1. The van der Waals surface area contributed by atoms with E-state index < -0.39 is 23.3 Å². The highest BCUT2D eigenvalue weighted by Crippen LogP contribution is 2.25. The summed E-state index contributed by atoms with van der Waals surface area (Å²) in [5.74, 6) is -1.16. The maximum Gasteiger partial charge on any atom is 0.310 e. The highest BCUT2D eigenvalue weighted by atomic mass is 16.6. The van der Waals surface area contributed by atoms with Gasteiger partial charge in [-0.1, -0.05) is 30.3 Å². The number of nitrogens with zero attached hydrogens (tertiary/aromatic N) is 2. The second kappa shape index (κ2) is 7.56. The zero-order chi connectivity index (χ0) is 19.4. The Morgan fingerprint density at radius 2 is 1.81 bits per heavy atom. The van der Waals surface area contributed by atoms with Crippen molar-refractivity contribution in [2.45, 2.75) is 0 Å². The van der Waals surface area contributed by atoms with Crippen molar-refractivity contribution < 1.29 is 19.2 Å². The Morgan fingerprint density at radius 1 is 1.11 bits per heavy atom. The number of benzene rings is 2. The van der Waals surface area contributed by atoms with Crippen LogP contribution in [-0.2, 0) is 11.8 Å². The van der Waals surface area contributed by atoms with E-state index in [1.165, 1.54) is 18.2 Å². The molecule has 3 rings (SSSR count). The van der Waals surface area contributed by atoms with Gasteiger partial charge in [0, 0.05) is 30.2 Å². The van der Waals surface area contributed by atoms with Crippen molar-refractivity contribution in [3.05, 3.63) is 70.4 Å². The molecule has 0 spiro atoms. The van der Waals surface area contributed by atoms with Crippen LogP contribution < -0.4 is 15.6 Å². The third-order valence-electron chi connectivity index (χ3n) is 3.88. The summed E-state index contributed by atoms with van der Waals surface area (Å²) in [4.78, 5) is 34.5. The van der Waals surface area contributed by atoms with E-state index in [1.807, 2.05) is 35.9 Å². The predicted octanol–water partition coefficient (Wildman–Crippen LogP) is 1.93. The first-order chi connectivity index (χ1) is 13.0. The third kappa shape index (κ3) is 3.87. The number of aromatic nitrogens is 1.